The van der Waals surface area contributed by atoms with Crippen LogP contribution in [0.15, 0.2) is 36.4 Å². The number of para-hydroxylation sites is 1. The van der Waals surface area contributed by atoms with Crippen molar-refractivity contribution >= 4 is 49.9 Å². The summed E-state index contributed by atoms with van der Waals surface area (Å²) in [4.78, 5) is 26.8. The fourth-order valence-electron chi connectivity index (χ4n) is 2.11. The Kier molecular flexibility index (Phi) is 4.32. The van der Waals surface area contributed by atoms with Gasteiger partial charge in [-0.05, 0) is 18.2 Å². The molecular formula is C15H10ClN3O4S. The Bertz CT molecular complexity index is 957. The Hall–Kier alpha value is -2.71. The molecule has 3 rings (SSSR count). The number of nitro groups is 1. The van der Waals surface area contributed by atoms with Crippen molar-refractivity contribution in [3.8, 4) is 5.75 Å². The number of thiazole rings is 1. The lowest BCUT2D eigenvalue weighted by molar-refractivity contribution is -0.384. The van der Waals surface area contributed by atoms with Crippen molar-refractivity contribution in [3.63, 3.8) is 0 Å². The number of aromatic nitrogens is 1. The van der Waals surface area contributed by atoms with Gasteiger partial charge in [0.25, 0.3) is 11.6 Å². The van der Waals surface area contributed by atoms with E-state index in [0.29, 0.717) is 16.4 Å². The molecule has 0 fully saturated rings. The molecule has 0 saturated heterocycles. The van der Waals surface area contributed by atoms with Crippen molar-refractivity contribution < 1.29 is 14.5 Å². The standard InChI is InChI=1S/C15H10ClN3O4S/c1-23-11-3-2-4-12-13(11)17-15(24-12)18-14(20)9-6-5-8(19(21)22)7-10(9)16/h2-7H,1H3,(H,17,18,20). The summed E-state index contributed by atoms with van der Waals surface area (Å²) >= 11 is 7.25. The fourth-order valence-corrected chi connectivity index (χ4v) is 3.25. The average molecular weight is 364 g/mol. The maximum Gasteiger partial charge on any atom is 0.270 e. The zero-order valence-corrected chi connectivity index (χ0v) is 13.9. The van der Waals surface area contributed by atoms with Gasteiger partial charge >= 0.3 is 0 Å². The van der Waals surface area contributed by atoms with Crippen molar-refractivity contribution in [2.24, 2.45) is 0 Å². The van der Waals surface area contributed by atoms with Crippen molar-refractivity contribution in [3.05, 3.63) is 57.1 Å². The highest BCUT2D eigenvalue weighted by Gasteiger charge is 2.17. The Morgan fingerprint density at radius 2 is 2.17 bits per heavy atom. The van der Waals surface area contributed by atoms with E-state index >= 15 is 0 Å². The van der Waals surface area contributed by atoms with E-state index in [1.165, 1.54) is 23.5 Å². The molecule has 0 saturated carbocycles. The van der Waals surface area contributed by atoms with Crippen molar-refractivity contribution in [2.75, 3.05) is 12.4 Å². The van der Waals surface area contributed by atoms with Crippen LogP contribution in [0.5, 0.6) is 5.75 Å². The molecule has 7 nitrogen and oxygen atoms in total. The third-order valence-electron chi connectivity index (χ3n) is 3.23. The molecule has 0 aliphatic heterocycles. The summed E-state index contributed by atoms with van der Waals surface area (Å²) in [5.41, 5.74) is 0.602. The number of benzene rings is 2. The van der Waals surface area contributed by atoms with Gasteiger partial charge in [-0.3, -0.25) is 20.2 Å². The molecule has 1 aromatic heterocycles. The molecule has 1 amide bonds. The van der Waals surface area contributed by atoms with Crippen molar-refractivity contribution in [2.45, 2.75) is 0 Å². The molecule has 0 unspecified atom stereocenters. The molecule has 0 aliphatic carbocycles. The van der Waals surface area contributed by atoms with Gasteiger partial charge in [-0.25, -0.2) is 4.98 Å². The van der Waals surface area contributed by atoms with E-state index in [1.54, 1.807) is 13.2 Å². The summed E-state index contributed by atoms with van der Waals surface area (Å²) in [5, 5.41) is 13.7. The minimum atomic E-state index is -0.576. The minimum Gasteiger partial charge on any atom is -0.494 e. The van der Waals surface area contributed by atoms with E-state index in [2.05, 4.69) is 10.3 Å². The first-order valence-electron chi connectivity index (χ1n) is 6.68. The number of rotatable bonds is 4. The normalized spacial score (nSPS) is 10.6. The molecule has 0 atom stereocenters. The van der Waals surface area contributed by atoms with Gasteiger partial charge in [0.2, 0.25) is 0 Å². The Morgan fingerprint density at radius 1 is 1.38 bits per heavy atom. The number of nitrogens with zero attached hydrogens (tertiary/aromatic N) is 2. The number of fused-ring (bicyclic) bond motifs is 1. The maximum atomic E-state index is 12.3. The number of amides is 1. The largest absolute Gasteiger partial charge is 0.494 e. The molecule has 0 bridgehead atoms. The van der Waals surface area contributed by atoms with Gasteiger partial charge in [-0.15, -0.1) is 0 Å². The van der Waals surface area contributed by atoms with Crippen LogP contribution in [-0.4, -0.2) is 22.9 Å². The van der Waals surface area contributed by atoms with Crippen molar-refractivity contribution in [1.29, 1.82) is 0 Å². The van der Waals surface area contributed by atoms with Gasteiger partial charge in [0.1, 0.15) is 11.3 Å². The number of methoxy groups -OCH3 is 1. The van der Waals surface area contributed by atoms with E-state index in [0.717, 1.165) is 10.8 Å². The zero-order chi connectivity index (χ0) is 17.3. The van der Waals surface area contributed by atoms with Crippen LogP contribution < -0.4 is 10.1 Å². The van der Waals surface area contributed by atoms with E-state index in [9.17, 15) is 14.9 Å². The molecule has 24 heavy (non-hydrogen) atoms. The van der Waals surface area contributed by atoms with Crippen LogP contribution in [0.4, 0.5) is 10.8 Å². The number of ether oxygens (including phenoxy) is 1. The Balaban J connectivity index is 1.88. The third-order valence-corrected chi connectivity index (χ3v) is 4.48. The highest BCUT2D eigenvalue weighted by molar-refractivity contribution is 7.22. The number of anilines is 1. The average Bonchev–Trinajstić information content (AvgIpc) is 2.96. The quantitative estimate of drug-likeness (QED) is 0.555. The molecule has 3 aromatic rings. The first-order valence-corrected chi connectivity index (χ1v) is 7.88. The monoisotopic (exact) mass is 363 g/mol. The molecular weight excluding hydrogens is 354 g/mol. The summed E-state index contributed by atoms with van der Waals surface area (Å²) in [6.45, 7) is 0. The summed E-state index contributed by atoms with van der Waals surface area (Å²) in [5.74, 6) is 0.116. The topological polar surface area (TPSA) is 94.4 Å². The van der Waals surface area contributed by atoms with Crippen LogP contribution in [0.3, 0.4) is 0 Å². The number of halogens is 1. The maximum absolute atomic E-state index is 12.3. The third kappa shape index (κ3) is 3.01. The number of carbonyl (C=O) groups excluding carboxylic acids is 1. The fraction of sp³-hybridized carbons (Fsp3) is 0.0667. The summed E-state index contributed by atoms with van der Waals surface area (Å²) in [7, 11) is 1.54. The summed E-state index contributed by atoms with van der Waals surface area (Å²) < 4.78 is 6.09. The second-order valence-electron chi connectivity index (χ2n) is 4.70. The summed E-state index contributed by atoms with van der Waals surface area (Å²) in [6, 6.07) is 9.15. The van der Waals surface area contributed by atoms with Gasteiger partial charge < -0.3 is 4.74 Å². The number of nitrogens with one attached hydrogen (secondary N) is 1. The number of hydrogen-bond acceptors (Lipinski definition) is 6. The zero-order valence-electron chi connectivity index (χ0n) is 12.3. The smallest absolute Gasteiger partial charge is 0.270 e. The van der Waals surface area contributed by atoms with Gasteiger partial charge in [0.15, 0.2) is 5.13 Å². The molecule has 0 aliphatic rings. The molecule has 1 heterocycles. The summed E-state index contributed by atoms with van der Waals surface area (Å²) in [6.07, 6.45) is 0. The molecule has 1 N–H and O–H groups in total. The highest BCUT2D eigenvalue weighted by Crippen LogP contribution is 2.32. The van der Waals surface area contributed by atoms with Gasteiger partial charge in [0, 0.05) is 12.1 Å². The minimum absolute atomic E-state index is 0.000363. The van der Waals surface area contributed by atoms with E-state index in [-0.39, 0.29) is 16.3 Å². The highest BCUT2D eigenvalue weighted by atomic mass is 35.5. The van der Waals surface area contributed by atoms with Crippen LogP contribution in [0.25, 0.3) is 10.2 Å². The van der Waals surface area contributed by atoms with Crippen LogP contribution in [0, 0.1) is 10.1 Å². The second kappa shape index (κ2) is 6.42. The van der Waals surface area contributed by atoms with Gasteiger partial charge in [-0.2, -0.15) is 0 Å². The Labute approximate surface area is 145 Å². The first kappa shape index (κ1) is 16.2. The lowest BCUT2D eigenvalue weighted by Gasteiger charge is -2.03. The molecule has 122 valence electrons. The number of non-ortho nitro benzene ring substituents is 1. The Morgan fingerprint density at radius 3 is 2.83 bits per heavy atom. The van der Waals surface area contributed by atoms with Gasteiger partial charge in [-0.1, -0.05) is 29.0 Å². The van der Waals surface area contributed by atoms with Crippen LogP contribution in [-0.2, 0) is 0 Å². The van der Waals surface area contributed by atoms with E-state index in [4.69, 9.17) is 16.3 Å². The molecule has 0 spiro atoms. The molecule has 2 aromatic carbocycles. The van der Waals surface area contributed by atoms with Crippen molar-refractivity contribution in [1.82, 2.24) is 4.98 Å². The SMILES string of the molecule is COc1cccc2sc(NC(=O)c3ccc([N+](=O)[O-])cc3Cl)nc12. The predicted molar refractivity (Wildman–Crippen MR) is 92.2 cm³/mol. The number of carbonyl (C=O) groups is 1. The number of nitro benzene ring substituents is 1. The lowest BCUT2D eigenvalue weighted by atomic mass is 10.2. The van der Waals surface area contributed by atoms with Gasteiger partial charge in [0.05, 0.1) is 27.3 Å². The van der Waals surface area contributed by atoms with Crippen LogP contribution >= 0.6 is 22.9 Å². The first-order chi connectivity index (χ1) is 11.5. The predicted octanol–water partition coefficient (Wildman–Crippen LogP) is 4.12. The molecule has 9 heteroatoms. The second-order valence-corrected chi connectivity index (χ2v) is 6.14. The van der Waals surface area contributed by atoms with Crippen LogP contribution in [0.1, 0.15) is 10.4 Å². The van der Waals surface area contributed by atoms with E-state index < -0.39 is 10.8 Å². The van der Waals surface area contributed by atoms with Crippen LogP contribution in [0.2, 0.25) is 5.02 Å². The molecule has 0 radical (unpaired) electrons. The number of hydrogen-bond donors (Lipinski definition) is 1. The van der Waals surface area contributed by atoms with E-state index in [1.807, 2.05) is 12.1 Å². The lowest BCUT2D eigenvalue weighted by Crippen LogP contribution is -2.12.